The number of ether oxygens (including phenoxy) is 2. The number of fused-ring (bicyclic) bond motifs is 1. The van der Waals surface area contributed by atoms with Crippen LogP contribution in [0.3, 0.4) is 0 Å². The topological polar surface area (TPSA) is 69.7 Å². The quantitative estimate of drug-likeness (QED) is 0.298. The van der Waals surface area contributed by atoms with E-state index in [-0.39, 0.29) is 24.6 Å². The molecule has 0 radical (unpaired) electrons. The molecule has 4 rings (SSSR count). The second-order valence-corrected chi connectivity index (χ2v) is 7.55. The van der Waals surface area contributed by atoms with Crippen LogP contribution < -0.4 is 0 Å². The van der Waals surface area contributed by atoms with Crippen molar-refractivity contribution in [2.75, 3.05) is 13.2 Å². The molecule has 0 unspecified atom stereocenters. The second-order valence-electron chi connectivity index (χ2n) is 7.55. The van der Waals surface area contributed by atoms with Crippen LogP contribution in [0.2, 0.25) is 0 Å². The van der Waals surface area contributed by atoms with Gasteiger partial charge in [-0.25, -0.2) is 0 Å². The van der Waals surface area contributed by atoms with Gasteiger partial charge >= 0.3 is 11.9 Å². The summed E-state index contributed by atoms with van der Waals surface area (Å²) in [6.45, 7) is 3.51. The van der Waals surface area contributed by atoms with E-state index >= 15 is 0 Å². The minimum absolute atomic E-state index is 0.0756. The molecule has 5 nitrogen and oxygen atoms in total. The summed E-state index contributed by atoms with van der Waals surface area (Å²) in [7, 11) is 0. The second kappa shape index (κ2) is 9.25. The molecule has 33 heavy (non-hydrogen) atoms. The van der Waals surface area contributed by atoms with E-state index in [0.29, 0.717) is 27.8 Å². The smallest absolute Gasteiger partial charge is 0.332 e. The number of hydrogen-bond acceptors (Lipinski definition) is 5. The van der Waals surface area contributed by atoms with E-state index in [1.54, 1.807) is 86.6 Å². The number of ketones is 1. The molecule has 0 bridgehead atoms. The van der Waals surface area contributed by atoms with E-state index in [2.05, 4.69) is 0 Å². The van der Waals surface area contributed by atoms with Crippen LogP contribution in [0, 0.1) is 0 Å². The third-order valence-electron chi connectivity index (χ3n) is 5.71. The number of esters is 2. The SMILES string of the molecule is CCOC(=O)C1(C(=O)OCC)C(c2ccccc2)=C(C(=O)c2ccccc2)c2ccccc21. The minimum Gasteiger partial charge on any atom is -0.465 e. The van der Waals surface area contributed by atoms with E-state index in [9.17, 15) is 14.4 Å². The van der Waals surface area contributed by atoms with Gasteiger partial charge in [-0.1, -0.05) is 84.9 Å². The molecule has 1 aliphatic carbocycles. The standard InChI is InChI=1S/C28H24O5/c1-3-32-26(30)28(27(31)33-4-2)22-18-12-11-17-21(22)23(24(28)19-13-7-5-8-14-19)25(29)20-15-9-6-10-16-20/h5-18H,3-4H2,1-2H3. The highest BCUT2D eigenvalue weighted by Gasteiger charge is 2.60. The van der Waals surface area contributed by atoms with Crippen molar-refractivity contribution in [1.82, 2.24) is 0 Å². The fraction of sp³-hybridized carbons (Fsp3) is 0.179. The molecule has 3 aromatic carbocycles. The molecule has 0 aromatic heterocycles. The van der Waals surface area contributed by atoms with Crippen LogP contribution in [0.15, 0.2) is 84.9 Å². The molecule has 3 aromatic rings. The van der Waals surface area contributed by atoms with Gasteiger partial charge < -0.3 is 9.47 Å². The van der Waals surface area contributed by atoms with Gasteiger partial charge in [0.2, 0.25) is 5.41 Å². The number of carbonyl (C=O) groups excluding carboxylic acids is 3. The van der Waals surface area contributed by atoms with Crippen molar-refractivity contribution >= 4 is 28.9 Å². The third kappa shape index (κ3) is 3.55. The lowest BCUT2D eigenvalue weighted by atomic mass is 9.74. The van der Waals surface area contributed by atoms with Crippen molar-refractivity contribution in [1.29, 1.82) is 0 Å². The summed E-state index contributed by atoms with van der Waals surface area (Å²) in [6.07, 6.45) is 0. The zero-order valence-electron chi connectivity index (χ0n) is 18.5. The van der Waals surface area contributed by atoms with E-state index in [0.717, 1.165) is 0 Å². The normalized spacial score (nSPS) is 13.9. The van der Waals surface area contributed by atoms with Crippen molar-refractivity contribution < 1.29 is 23.9 Å². The molecule has 5 heteroatoms. The van der Waals surface area contributed by atoms with Gasteiger partial charge in [-0.05, 0) is 30.5 Å². The van der Waals surface area contributed by atoms with E-state index in [1.807, 2.05) is 12.1 Å². The number of allylic oxidation sites excluding steroid dienone is 1. The number of Topliss-reactive ketones (excluding diaryl/α,β-unsaturated/α-hetero) is 1. The van der Waals surface area contributed by atoms with Crippen molar-refractivity contribution in [3.8, 4) is 0 Å². The first kappa shape index (κ1) is 22.2. The Bertz CT molecular complexity index is 1210. The predicted octanol–water partition coefficient (Wildman–Crippen LogP) is 4.86. The Morgan fingerprint density at radius 2 is 1.21 bits per heavy atom. The lowest BCUT2D eigenvalue weighted by Gasteiger charge is -2.29. The van der Waals surface area contributed by atoms with Gasteiger partial charge in [-0.2, -0.15) is 0 Å². The summed E-state index contributed by atoms with van der Waals surface area (Å²) in [5.41, 5.74) is 0.614. The van der Waals surface area contributed by atoms with Crippen molar-refractivity contribution in [3.05, 3.63) is 107 Å². The predicted molar refractivity (Wildman–Crippen MR) is 125 cm³/mol. The molecule has 0 spiro atoms. The van der Waals surface area contributed by atoms with Crippen LogP contribution in [0.4, 0.5) is 0 Å². The molecular weight excluding hydrogens is 416 g/mol. The Morgan fingerprint density at radius 3 is 1.79 bits per heavy atom. The Hall–Kier alpha value is -3.99. The zero-order valence-corrected chi connectivity index (χ0v) is 18.5. The molecular formula is C28H24O5. The Kier molecular flexibility index (Phi) is 6.22. The van der Waals surface area contributed by atoms with Crippen LogP contribution in [0.1, 0.15) is 40.9 Å². The summed E-state index contributed by atoms with van der Waals surface area (Å²) in [6, 6.07) is 24.8. The molecule has 0 atom stereocenters. The molecule has 0 amide bonds. The lowest BCUT2D eigenvalue weighted by Crippen LogP contribution is -2.46. The van der Waals surface area contributed by atoms with Gasteiger partial charge in [0, 0.05) is 16.7 Å². The van der Waals surface area contributed by atoms with Crippen LogP contribution >= 0.6 is 0 Å². The van der Waals surface area contributed by atoms with E-state index in [1.165, 1.54) is 0 Å². The molecule has 0 saturated carbocycles. The summed E-state index contributed by atoms with van der Waals surface area (Å²) in [5.74, 6) is -1.80. The first-order valence-corrected chi connectivity index (χ1v) is 10.9. The Morgan fingerprint density at radius 1 is 0.697 bits per heavy atom. The highest BCUT2D eigenvalue weighted by Crippen LogP contribution is 2.53. The Labute approximate surface area is 192 Å². The van der Waals surface area contributed by atoms with Gasteiger partial charge in [0.1, 0.15) is 0 Å². The zero-order chi connectivity index (χ0) is 23.4. The van der Waals surface area contributed by atoms with Crippen molar-refractivity contribution in [3.63, 3.8) is 0 Å². The fourth-order valence-corrected chi connectivity index (χ4v) is 4.41. The maximum Gasteiger partial charge on any atom is 0.332 e. The average molecular weight is 440 g/mol. The summed E-state index contributed by atoms with van der Waals surface area (Å²) < 4.78 is 10.9. The molecule has 166 valence electrons. The minimum atomic E-state index is -1.91. The number of benzene rings is 3. The molecule has 0 N–H and O–H groups in total. The van der Waals surface area contributed by atoms with Crippen LogP contribution in [-0.4, -0.2) is 30.9 Å². The van der Waals surface area contributed by atoms with Gasteiger partial charge in [0.05, 0.1) is 13.2 Å². The average Bonchev–Trinajstić information content (AvgIpc) is 3.17. The first-order valence-electron chi connectivity index (χ1n) is 10.9. The van der Waals surface area contributed by atoms with Gasteiger partial charge in [0.25, 0.3) is 0 Å². The molecule has 0 fully saturated rings. The molecule has 1 aliphatic rings. The summed E-state index contributed by atoms with van der Waals surface area (Å²) in [4.78, 5) is 41.2. The van der Waals surface area contributed by atoms with Crippen molar-refractivity contribution in [2.45, 2.75) is 19.3 Å². The monoisotopic (exact) mass is 440 g/mol. The Balaban J connectivity index is 2.14. The van der Waals surface area contributed by atoms with Crippen molar-refractivity contribution in [2.24, 2.45) is 0 Å². The lowest BCUT2D eigenvalue weighted by molar-refractivity contribution is -0.161. The summed E-state index contributed by atoms with van der Waals surface area (Å²) in [5, 5.41) is 0. The maximum atomic E-state index is 13.9. The highest BCUT2D eigenvalue weighted by molar-refractivity contribution is 6.42. The largest absolute Gasteiger partial charge is 0.465 e. The molecule has 0 saturated heterocycles. The molecule has 0 heterocycles. The number of carbonyl (C=O) groups is 3. The maximum absolute atomic E-state index is 13.9. The van der Waals surface area contributed by atoms with Crippen LogP contribution in [0.5, 0.6) is 0 Å². The van der Waals surface area contributed by atoms with E-state index in [4.69, 9.17) is 9.47 Å². The number of hydrogen-bond donors (Lipinski definition) is 0. The van der Waals surface area contributed by atoms with Crippen LogP contribution in [-0.2, 0) is 24.5 Å². The van der Waals surface area contributed by atoms with Gasteiger partial charge in [0.15, 0.2) is 5.78 Å². The van der Waals surface area contributed by atoms with Gasteiger partial charge in [-0.15, -0.1) is 0 Å². The first-order chi connectivity index (χ1) is 16.1. The molecule has 0 aliphatic heterocycles. The fourth-order valence-electron chi connectivity index (χ4n) is 4.41. The van der Waals surface area contributed by atoms with Crippen LogP contribution in [0.25, 0.3) is 11.1 Å². The third-order valence-corrected chi connectivity index (χ3v) is 5.71. The number of rotatable bonds is 7. The summed E-state index contributed by atoms with van der Waals surface area (Å²) >= 11 is 0. The highest BCUT2D eigenvalue weighted by atomic mass is 16.6. The van der Waals surface area contributed by atoms with E-state index < -0.39 is 17.4 Å². The van der Waals surface area contributed by atoms with Gasteiger partial charge in [-0.3, -0.25) is 14.4 Å².